The van der Waals surface area contributed by atoms with Gasteiger partial charge < -0.3 is 15.0 Å². The normalized spacial score (nSPS) is 11.7. The van der Waals surface area contributed by atoms with E-state index in [1.807, 2.05) is 0 Å². The van der Waals surface area contributed by atoms with Gasteiger partial charge in [0.25, 0.3) is 0 Å². The Bertz CT molecular complexity index is 47.4. The quantitative estimate of drug-likeness (QED) is 0.319. The molecule has 0 aliphatic rings. The molecule has 2 N–H and O–H groups in total. The number of aldehydes is 1. The third kappa shape index (κ3) is 6.59. The van der Waals surface area contributed by atoms with Gasteiger partial charge in [0.2, 0.25) is 0 Å². The molecule has 0 aromatic heterocycles. The second-order valence-corrected chi connectivity index (χ2v) is 0.886. The van der Waals surface area contributed by atoms with Gasteiger partial charge >= 0.3 is 29.6 Å². The average Bonchev–Trinajstić information content (AvgIpc) is 1.65. The van der Waals surface area contributed by atoms with Crippen molar-refractivity contribution in [3.05, 3.63) is 0 Å². The molecule has 0 spiro atoms. The summed E-state index contributed by atoms with van der Waals surface area (Å²) in [5.41, 5.74) is 0. The number of carbonyl (C=O) groups excluding carboxylic acids is 1. The van der Waals surface area contributed by atoms with Gasteiger partial charge in [0.15, 0.2) is 6.29 Å². The molecular formula is C3H7NaO3. The molecule has 0 bridgehead atoms. The van der Waals surface area contributed by atoms with Crippen LogP contribution in [0.1, 0.15) is 0 Å². The van der Waals surface area contributed by atoms with Gasteiger partial charge in [-0.05, 0) is 0 Å². The van der Waals surface area contributed by atoms with Crippen LogP contribution < -0.4 is 0 Å². The van der Waals surface area contributed by atoms with Gasteiger partial charge in [0.05, 0.1) is 6.61 Å². The summed E-state index contributed by atoms with van der Waals surface area (Å²) in [6, 6.07) is 0. The van der Waals surface area contributed by atoms with E-state index in [0.717, 1.165) is 0 Å². The Morgan fingerprint density at radius 2 is 2.14 bits per heavy atom. The number of carbonyl (C=O) groups is 1. The Balaban J connectivity index is 0. The van der Waals surface area contributed by atoms with Crippen molar-refractivity contribution in [1.29, 1.82) is 0 Å². The molecule has 38 valence electrons. The minimum atomic E-state index is -1.19. The maximum absolute atomic E-state index is 9.33. The number of hydrogen-bond donors (Lipinski definition) is 2. The van der Waals surface area contributed by atoms with Crippen LogP contribution in [0.15, 0.2) is 0 Å². The fourth-order valence-corrected chi connectivity index (χ4v) is 0.0430. The number of aliphatic hydroxyl groups excluding tert-OH is 2. The summed E-state index contributed by atoms with van der Waals surface area (Å²) in [7, 11) is 0. The van der Waals surface area contributed by atoms with E-state index in [1.54, 1.807) is 0 Å². The standard InChI is InChI=1S/C3H6O3.Na.H/c4-1-3(6)2-5;;/h1,3,5-6H,2H2;;. The molecule has 0 aliphatic carbocycles. The van der Waals surface area contributed by atoms with E-state index >= 15 is 0 Å². The fraction of sp³-hybridized carbons (Fsp3) is 0.667. The predicted molar refractivity (Wildman–Crippen MR) is 26.3 cm³/mol. The van der Waals surface area contributed by atoms with Crippen molar-refractivity contribution >= 4 is 35.8 Å². The molecule has 0 saturated heterocycles. The van der Waals surface area contributed by atoms with E-state index in [9.17, 15) is 4.79 Å². The predicted octanol–water partition coefficient (Wildman–Crippen LogP) is -2.11. The first kappa shape index (κ1) is 10.5. The summed E-state index contributed by atoms with van der Waals surface area (Å²) in [6.07, 6.45) is -0.912. The monoisotopic (exact) mass is 114 g/mol. The Morgan fingerprint density at radius 3 is 2.14 bits per heavy atom. The van der Waals surface area contributed by atoms with E-state index in [-0.39, 0.29) is 35.8 Å². The molecule has 0 saturated carbocycles. The Kier molecular flexibility index (Phi) is 9.93. The zero-order valence-electron chi connectivity index (χ0n) is 3.16. The number of hydrogen-bond acceptors (Lipinski definition) is 3. The molecule has 0 heterocycles. The number of aliphatic hydroxyl groups is 2. The first-order valence-corrected chi connectivity index (χ1v) is 1.55. The Hall–Kier alpha value is 0.590. The molecule has 3 nitrogen and oxygen atoms in total. The van der Waals surface area contributed by atoms with Crippen LogP contribution in [-0.2, 0) is 4.79 Å². The van der Waals surface area contributed by atoms with E-state index in [2.05, 4.69) is 0 Å². The van der Waals surface area contributed by atoms with Crippen LogP contribution in [0.4, 0.5) is 0 Å². The zero-order valence-corrected chi connectivity index (χ0v) is 3.16. The molecule has 0 fully saturated rings. The van der Waals surface area contributed by atoms with Crippen LogP contribution >= 0.6 is 0 Å². The molecule has 0 radical (unpaired) electrons. The molecule has 7 heavy (non-hydrogen) atoms. The van der Waals surface area contributed by atoms with Crippen molar-refractivity contribution in [2.75, 3.05) is 6.61 Å². The summed E-state index contributed by atoms with van der Waals surface area (Å²) in [5, 5.41) is 15.9. The van der Waals surface area contributed by atoms with E-state index < -0.39 is 12.7 Å². The molecule has 1 atom stereocenters. The van der Waals surface area contributed by atoms with Crippen LogP contribution in [0.25, 0.3) is 0 Å². The Morgan fingerprint density at radius 1 is 1.71 bits per heavy atom. The van der Waals surface area contributed by atoms with Gasteiger partial charge in [-0.15, -0.1) is 0 Å². The first-order chi connectivity index (χ1) is 2.81. The van der Waals surface area contributed by atoms with Gasteiger partial charge in [0, 0.05) is 0 Å². The van der Waals surface area contributed by atoms with E-state index in [4.69, 9.17) is 10.2 Å². The van der Waals surface area contributed by atoms with Gasteiger partial charge in [0.1, 0.15) is 6.10 Å². The summed E-state index contributed by atoms with van der Waals surface area (Å²) in [6.45, 7) is -0.483. The average molecular weight is 114 g/mol. The molecule has 4 heteroatoms. The van der Waals surface area contributed by atoms with Crippen molar-refractivity contribution in [3.63, 3.8) is 0 Å². The van der Waals surface area contributed by atoms with Crippen LogP contribution in [0.5, 0.6) is 0 Å². The van der Waals surface area contributed by atoms with Crippen LogP contribution in [-0.4, -0.2) is 58.8 Å². The van der Waals surface area contributed by atoms with Crippen molar-refractivity contribution in [1.82, 2.24) is 0 Å². The number of rotatable bonds is 2. The van der Waals surface area contributed by atoms with Crippen molar-refractivity contribution in [2.45, 2.75) is 6.10 Å². The molecule has 1 unspecified atom stereocenters. The second-order valence-electron chi connectivity index (χ2n) is 0.886. The van der Waals surface area contributed by atoms with Crippen molar-refractivity contribution < 1.29 is 15.0 Å². The maximum atomic E-state index is 9.33. The summed E-state index contributed by atoms with van der Waals surface area (Å²) in [5.74, 6) is 0. The zero-order chi connectivity index (χ0) is 4.99. The van der Waals surface area contributed by atoms with Crippen molar-refractivity contribution in [3.8, 4) is 0 Å². The fourth-order valence-electron chi connectivity index (χ4n) is 0.0430. The van der Waals surface area contributed by atoms with E-state index in [1.165, 1.54) is 0 Å². The summed E-state index contributed by atoms with van der Waals surface area (Å²) < 4.78 is 0. The van der Waals surface area contributed by atoms with Gasteiger partial charge in [-0.1, -0.05) is 0 Å². The molecular weight excluding hydrogens is 107 g/mol. The van der Waals surface area contributed by atoms with Crippen LogP contribution in [0, 0.1) is 0 Å². The molecule has 0 rings (SSSR count). The topological polar surface area (TPSA) is 57.5 Å². The first-order valence-electron chi connectivity index (χ1n) is 1.55. The summed E-state index contributed by atoms with van der Waals surface area (Å²) in [4.78, 5) is 9.33. The minimum absolute atomic E-state index is 0. The van der Waals surface area contributed by atoms with Crippen molar-refractivity contribution in [2.24, 2.45) is 0 Å². The Labute approximate surface area is 63.6 Å². The third-order valence-electron chi connectivity index (χ3n) is 0.344. The molecule has 0 aromatic rings. The van der Waals surface area contributed by atoms with Gasteiger partial charge in [-0.2, -0.15) is 0 Å². The third-order valence-corrected chi connectivity index (χ3v) is 0.344. The molecule has 0 aliphatic heterocycles. The molecule has 0 aromatic carbocycles. The van der Waals surface area contributed by atoms with Gasteiger partial charge in [-0.3, -0.25) is 0 Å². The SMILES string of the molecule is O=CC(O)CO.[NaH]. The van der Waals surface area contributed by atoms with Crippen LogP contribution in [0.2, 0.25) is 0 Å². The summed E-state index contributed by atoms with van der Waals surface area (Å²) >= 11 is 0. The van der Waals surface area contributed by atoms with Crippen LogP contribution in [0.3, 0.4) is 0 Å². The van der Waals surface area contributed by atoms with E-state index in [0.29, 0.717) is 0 Å². The molecule has 0 amide bonds. The second kappa shape index (κ2) is 6.59. The van der Waals surface area contributed by atoms with Gasteiger partial charge in [-0.25, -0.2) is 0 Å².